The first-order chi connectivity index (χ1) is 9.83. The Hall–Kier alpha value is -1.46. The van der Waals surface area contributed by atoms with Gasteiger partial charge in [0.25, 0.3) is 0 Å². The highest BCUT2D eigenvalue weighted by atomic mass is 16.5. The van der Waals surface area contributed by atoms with Crippen molar-refractivity contribution in [1.29, 1.82) is 0 Å². The van der Waals surface area contributed by atoms with E-state index >= 15 is 0 Å². The predicted molar refractivity (Wildman–Crippen MR) is 81.4 cm³/mol. The van der Waals surface area contributed by atoms with Gasteiger partial charge in [0, 0.05) is 44.4 Å². The number of carbonyl (C=O) groups excluding carboxylic acids is 1. The molecule has 5 heteroatoms. The van der Waals surface area contributed by atoms with Crippen molar-refractivity contribution >= 4 is 5.91 Å². The molecule has 0 aliphatic heterocycles. The zero-order valence-electron chi connectivity index (χ0n) is 13.3. The molecule has 1 heterocycles. The maximum Gasteiger partial charge on any atom is 0.243 e. The molecule has 2 atom stereocenters. The van der Waals surface area contributed by atoms with Gasteiger partial charge in [0.15, 0.2) is 0 Å². The van der Waals surface area contributed by atoms with Gasteiger partial charge in [-0.3, -0.25) is 9.78 Å². The fourth-order valence-electron chi connectivity index (χ4n) is 2.97. The van der Waals surface area contributed by atoms with Crippen molar-refractivity contribution < 1.29 is 9.53 Å². The first-order valence-electron chi connectivity index (χ1n) is 7.38. The largest absolute Gasteiger partial charge is 0.378 e. The Bertz CT molecular complexity index is 504. The Kier molecular flexibility index (Phi) is 4.35. The van der Waals surface area contributed by atoms with Gasteiger partial charge >= 0.3 is 0 Å². The van der Waals surface area contributed by atoms with Crippen molar-refractivity contribution in [2.75, 3.05) is 13.7 Å². The maximum absolute atomic E-state index is 12.7. The molecule has 1 amide bonds. The van der Waals surface area contributed by atoms with Gasteiger partial charge in [-0.2, -0.15) is 0 Å². The lowest BCUT2D eigenvalue weighted by molar-refractivity contribution is -0.178. The van der Waals surface area contributed by atoms with E-state index in [1.54, 1.807) is 24.3 Å². The fourth-order valence-corrected chi connectivity index (χ4v) is 2.97. The van der Waals surface area contributed by atoms with Crippen molar-refractivity contribution in [3.8, 4) is 0 Å². The molecule has 2 unspecified atom stereocenters. The lowest BCUT2D eigenvalue weighted by atomic mass is 9.54. The minimum Gasteiger partial charge on any atom is -0.378 e. The second kappa shape index (κ2) is 5.73. The second-order valence-electron chi connectivity index (χ2n) is 6.36. The summed E-state index contributed by atoms with van der Waals surface area (Å²) in [5.74, 6) is -0.0275. The van der Waals surface area contributed by atoms with Crippen LogP contribution in [0.5, 0.6) is 0 Å². The number of nitrogens with two attached hydrogens (primary N) is 1. The normalized spacial score (nSPS) is 27.0. The smallest absolute Gasteiger partial charge is 0.243 e. The lowest BCUT2D eigenvalue weighted by Gasteiger charge is -2.58. The van der Waals surface area contributed by atoms with Gasteiger partial charge in [-0.15, -0.1) is 0 Å². The number of hydrogen-bond acceptors (Lipinski definition) is 4. The van der Waals surface area contributed by atoms with Crippen LogP contribution in [0.1, 0.15) is 32.8 Å². The number of pyridine rings is 1. The molecule has 5 nitrogen and oxygen atoms in total. The standard InChI is InChI=1S/C16H25N3O2/c1-5-21-13-10-16(17,15(13,2)3)14(20)19(4)11-12-6-8-18-9-7-12/h6-9,13H,5,10-11,17H2,1-4H3. The molecule has 1 saturated carbocycles. The molecule has 1 aliphatic rings. The third-order valence-electron chi connectivity index (χ3n) is 4.73. The van der Waals surface area contributed by atoms with Crippen LogP contribution in [0.2, 0.25) is 0 Å². The Morgan fingerprint density at radius 1 is 1.48 bits per heavy atom. The first-order valence-corrected chi connectivity index (χ1v) is 7.38. The molecular weight excluding hydrogens is 266 g/mol. The van der Waals surface area contributed by atoms with E-state index in [0.29, 0.717) is 19.6 Å². The third kappa shape index (κ3) is 2.68. The summed E-state index contributed by atoms with van der Waals surface area (Å²) >= 11 is 0. The number of nitrogens with zero attached hydrogens (tertiary/aromatic N) is 2. The summed E-state index contributed by atoms with van der Waals surface area (Å²) in [6.07, 6.45) is 4.08. The van der Waals surface area contributed by atoms with E-state index in [4.69, 9.17) is 10.5 Å². The van der Waals surface area contributed by atoms with E-state index in [2.05, 4.69) is 4.98 Å². The molecule has 0 spiro atoms. The zero-order valence-corrected chi connectivity index (χ0v) is 13.3. The summed E-state index contributed by atoms with van der Waals surface area (Å²) in [7, 11) is 1.79. The number of likely N-dealkylation sites (N-methyl/N-ethyl adjacent to an activating group) is 1. The molecule has 116 valence electrons. The summed E-state index contributed by atoms with van der Waals surface area (Å²) < 4.78 is 5.68. The van der Waals surface area contributed by atoms with E-state index in [1.807, 2.05) is 32.9 Å². The van der Waals surface area contributed by atoms with E-state index in [0.717, 1.165) is 5.56 Å². The van der Waals surface area contributed by atoms with Crippen molar-refractivity contribution in [3.05, 3.63) is 30.1 Å². The highest BCUT2D eigenvalue weighted by Crippen LogP contribution is 2.50. The lowest BCUT2D eigenvalue weighted by Crippen LogP contribution is -2.75. The van der Waals surface area contributed by atoms with Gasteiger partial charge in [0.1, 0.15) is 5.54 Å². The molecule has 0 saturated heterocycles. The summed E-state index contributed by atoms with van der Waals surface area (Å²) in [5, 5.41) is 0. The quantitative estimate of drug-likeness (QED) is 0.894. The Balaban J connectivity index is 2.06. The average molecular weight is 291 g/mol. The van der Waals surface area contributed by atoms with Crippen LogP contribution in [-0.2, 0) is 16.1 Å². The molecule has 1 aromatic rings. The van der Waals surface area contributed by atoms with Gasteiger partial charge < -0.3 is 15.4 Å². The van der Waals surface area contributed by atoms with Crippen molar-refractivity contribution in [2.45, 2.75) is 45.4 Å². The van der Waals surface area contributed by atoms with Gasteiger partial charge in [0.05, 0.1) is 6.10 Å². The van der Waals surface area contributed by atoms with Crippen LogP contribution in [0, 0.1) is 5.41 Å². The molecule has 1 aliphatic carbocycles. The van der Waals surface area contributed by atoms with Gasteiger partial charge in [-0.05, 0) is 24.6 Å². The highest BCUT2D eigenvalue weighted by molar-refractivity contribution is 5.88. The molecule has 1 aromatic heterocycles. The molecule has 2 rings (SSSR count). The summed E-state index contributed by atoms with van der Waals surface area (Å²) in [6.45, 7) is 7.16. The molecule has 2 N–H and O–H groups in total. The number of rotatable bonds is 5. The van der Waals surface area contributed by atoms with Crippen molar-refractivity contribution in [3.63, 3.8) is 0 Å². The van der Waals surface area contributed by atoms with Crippen LogP contribution in [0.3, 0.4) is 0 Å². The fraction of sp³-hybridized carbons (Fsp3) is 0.625. The SMILES string of the molecule is CCOC1CC(N)(C(=O)N(C)Cc2ccncc2)C1(C)C. The second-order valence-corrected chi connectivity index (χ2v) is 6.36. The molecular formula is C16H25N3O2. The molecule has 0 bridgehead atoms. The van der Waals surface area contributed by atoms with E-state index in [9.17, 15) is 4.79 Å². The van der Waals surface area contributed by atoms with E-state index in [1.165, 1.54) is 0 Å². The van der Waals surface area contributed by atoms with Crippen LogP contribution < -0.4 is 5.73 Å². The Morgan fingerprint density at radius 2 is 2.10 bits per heavy atom. The maximum atomic E-state index is 12.7. The number of carbonyl (C=O) groups is 1. The van der Waals surface area contributed by atoms with Crippen LogP contribution in [0.25, 0.3) is 0 Å². The third-order valence-corrected chi connectivity index (χ3v) is 4.73. The Labute approximate surface area is 126 Å². The Morgan fingerprint density at radius 3 is 2.62 bits per heavy atom. The minimum atomic E-state index is -0.853. The van der Waals surface area contributed by atoms with E-state index < -0.39 is 5.54 Å². The van der Waals surface area contributed by atoms with Crippen LogP contribution in [-0.4, -0.2) is 41.1 Å². The summed E-state index contributed by atoms with van der Waals surface area (Å²) in [5.41, 5.74) is 6.25. The summed E-state index contributed by atoms with van der Waals surface area (Å²) in [4.78, 5) is 18.4. The van der Waals surface area contributed by atoms with Crippen LogP contribution >= 0.6 is 0 Å². The van der Waals surface area contributed by atoms with Crippen molar-refractivity contribution in [2.24, 2.45) is 11.1 Å². The van der Waals surface area contributed by atoms with Crippen molar-refractivity contribution in [1.82, 2.24) is 9.88 Å². The molecule has 21 heavy (non-hydrogen) atoms. The minimum absolute atomic E-state index is 0.0275. The number of amides is 1. The topological polar surface area (TPSA) is 68.5 Å². The molecule has 0 radical (unpaired) electrons. The van der Waals surface area contributed by atoms with Gasteiger partial charge in [-0.1, -0.05) is 13.8 Å². The van der Waals surface area contributed by atoms with Gasteiger partial charge in [-0.25, -0.2) is 0 Å². The highest BCUT2D eigenvalue weighted by Gasteiger charge is 2.63. The monoisotopic (exact) mass is 291 g/mol. The molecule has 1 fully saturated rings. The van der Waals surface area contributed by atoms with Crippen LogP contribution in [0.15, 0.2) is 24.5 Å². The predicted octanol–water partition coefficient (Wildman–Crippen LogP) is 1.57. The summed E-state index contributed by atoms with van der Waals surface area (Å²) in [6, 6.07) is 3.81. The number of hydrogen-bond donors (Lipinski definition) is 1. The number of ether oxygens (including phenoxy) is 1. The molecule has 0 aromatic carbocycles. The van der Waals surface area contributed by atoms with Gasteiger partial charge in [0.2, 0.25) is 5.91 Å². The van der Waals surface area contributed by atoms with Crippen LogP contribution in [0.4, 0.5) is 0 Å². The number of aromatic nitrogens is 1. The average Bonchev–Trinajstić information content (AvgIpc) is 2.47. The zero-order chi connectivity index (χ0) is 15.7. The first kappa shape index (κ1) is 15.9. The van der Waals surface area contributed by atoms with E-state index in [-0.39, 0.29) is 17.4 Å².